The van der Waals surface area contributed by atoms with Crippen molar-refractivity contribution in [3.8, 4) is 16.9 Å². The first kappa shape index (κ1) is 19.7. The number of ether oxygens (including phenoxy) is 1. The lowest BCUT2D eigenvalue weighted by atomic mass is 9.98. The van der Waals surface area contributed by atoms with E-state index in [-0.39, 0.29) is 23.7 Å². The fourth-order valence-corrected chi connectivity index (χ4v) is 3.85. The Kier molecular flexibility index (Phi) is 5.27. The molecule has 30 heavy (non-hydrogen) atoms. The molecule has 1 saturated heterocycles. The largest absolute Gasteiger partial charge is 0.496 e. The molecule has 2 aliphatic heterocycles. The first-order valence-corrected chi connectivity index (χ1v) is 9.85. The van der Waals surface area contributed by atoms with Gasteiger partial charge in [0, 0.05) is 41.8 Å². The highest BCUT2D eigenvalue weighted by atomic mass is 16.5. The third-order valence-corrected chi connectivity index (χ3v) is 5.42. The molecule has 1 fully saturated rings. The SMILES string of the molecule is COc1cc2c(cc1-c1ccc(C(=O)N3CCCC3)cc1)N=C(N)CC(C(=O)O)=C2. The zero-order chi connectivity index (χ0) is 21.3. The molecule has 4 rings (SSSR count). The molecule has 2 aromatic rings. The molecule has 2 aromatic carbocycles. The van der Waals surface area contributed by atoms with E-state index in [1.807, 2.05) is 35.2 Å². The number of likely N-dealkylation sites (tertiary alicyclic amines) is 1. The van der Waals surface area contributed by atoms with Crippen molar-refractivity contribution >= 4 is 29.5 Å². The molecule has 3 N–H and O–H groups in total. The van der Waals surface area contributed by atoms with Crippen LogP contribution < -0.4 is 10.5 Å². The zero-order valence-corrected chi connectivity index (χ0v) is 16.7. The summed E-state index contributed by atoms with van der Waals surface area (Å²) in [6, 6.07) is 11.0. The van der Waals surface area contributed by atoms with E-state index in [4.69, 9.17) is 10.5 Å². The van der Waals surface area contributed by atoms with Crippen molar-refractivity contribution < 1.29 is 19.4 Å². The number of aliphatic imine (C=N–C) groups is 1. The number of carboxylic acid groups (broad SMARTS) is 1. The van der Waals surface area contributed by atoms with Crippen molar-refractivity contribution in [2.45, 2.75) is 19.3 Å². The molecule has 0 unspecified atom stereocenters. The number of aliphatic carboxylic acids is 1. The highest BCUT2D eigenvalue weighted by Crippen LogP contribution is 2.38. The van der Waals surface area contributed by atoms with E-state index < -0.39 is 5.97 Å². The Bertz CT molecular complexity index is 1060. The van der Waals surface area contributed by atoms with Crippen molar-refractivity contribution in [3.63, 3.8) is 0 Å². The number of benzene rings is 2. The van der Waals surface area contributed by atoms with E-state index in [1.54, 1.807) is 19.3 Å². The molecular formula is C23H23N3O4. The van der Waals surface area contributed by atoms with Crippen LogP contribution in [0, 0.1) is 0 Å². The third kappa shape index (κ3) is 3.78. The third-order valence-electron chi connectivity index (χ3n) is 5.42. The Morgan fingerprint density at radius 3 is 2.47 bits per heavy atom. The molecule has 154 valence electrons. The fourth-order valence-electron chi connectivity index (χ4n) is 3.85. The van der Waals surface area contributed by atoms with Crippen LogP contribution in [0.15, 0.2) is 47.0 Å². The quantitative estimate of drug-likeness (QED) is 0.810. The van der Waals surface area contributed by atoms with Gasteiger partial charge in [-0.2, -0.15) is 0 Å². The molecule has 0 atom stereocenters. The van der Waals surface area contributed by atoms with Crippen molar-refractivity contribution in [2.75, 3.05) is 20.2 Å². The van der Waals surface area contributed by atoms with Gasteiger partial charge in [-0.1, -0.05) is 12.1 Å². The minimum atomic E-state index is -1.03. The molecule has 0 spiro atoms. The van der Waals surface area contributed by atoms with Gasteiger partial charge in [0.05, 0.1) is 12.8 Å². The second-order valence-corrected chi connectivity index (χ2v) is 7.44. The first-order valence-electron chi connectivity index (χ1n) is 9.85. The van der Waals surface area contributed by atoms with E-state index in [1.165, 1.54) is 0 Å². The number of carboxylic acids is 1. The number of nitrogens with zero attached hydrogens (tertiary/aromatic N) is 2. The Labute approximate surface area is 174 Å². The van der Waals surface area contributed by atoms with Crippen LogP contribution in [0.4, 0.5) is 5.69 Å². The van der Waals surface area contributed by atoms with Crippen molar-refractivity contribution in [1.82, 2.24) is 4.90 Å². The number of fused-ring (bicyclic) bond motifs is 1. The lowest BCUT2D eigenvalue weighted by molar-refractivity contribution is -0.132. The van der Waals surface area contributed by atoms with Gasteiger partial charge in [-0.05, 0) is 48.7 Å². The van der Waals surface area contributed by atoms with Crippen LogP contribution in [0.1, 0.15) is 35.2 Å². The Morgan fingerprint density at radius 1 is 1.13 bits per heavy atom. The number of hydrogen-bond acceptors (Lipinski definition) is 5. The fraction of sp³-hybridized carbons (Fsp3) is 0.261. The molecule has 2 heterocycles. The molecular weight excluding hydrogens is 382 g/mol. The summed E-state index contributed by atoms with van der Waals surface area (Å²) in [5.74, 6) is -0.145. The molecule has 7 nitrogen and oxygen atoms in total. The van der Waals surface area contributed by atoms with Gasteiger partial charge in [-0.3, -0.25) is 4.79 Å². The summed E-state index contributed by atoms with van der Waals surface area (Å²) >= 11 is 0. The Balaban J connectivity index is 1.72. The normalized spacial score (nSPS) is 15.7. The van der Waals surface area contributed by atoms with E-state index >= 15 is 0 Å². The molecule has 0 bridgehead atoms. The van der Waals surface area contributed by atoms with E-state index in [0.717, 1.165) is 37.1 Å². The standard InChI is InChI=1S/C23H23N3O4/c1-30-20-11-16-10-17(23(28)29)12-21(24)25-19(16)13-18(20)14-4-6-15(7-5-14)22(27)26-8-2-3-9-26/h4-7,10-11,13H,2-3,8-9,12H2,1H3,(H2,24,25)(H,28,29). The van der Waals surface area contributed by atoms with Crippen LogP contribution in [0.25, 0.3) is 17.2 Å². The van der Waals surface area contributed by atoms with Crippen molar-refractivity contribution in [2.24, 2.45) is 10.7 Å². The van der Waals surface area contributed by atoms with Crippen molar-refractivity contribution in [1.29, 1.82) is 0 Å². The maximum absolute atomic E-state index is 12.6. The van der Waals surface area contributed by atoms with E-state index in [2.05, 4.69) is 4.99 Å². The molecule has 0 aliphatic carbocycles. The Hall–Kier alpha value is -3.61. The smallest absolute Gasteiger partial charge is 0.332 e. The second kappa shape index (κ2) is 8.02. The van der Waals surface area contributed by atoms with Crippen LogP contribution in [0.5, 0.6) is 5.75 Å². The number of methoxy groups -OCH3 is 1. The maximum atomic E-state index is 12.6. The highest BCUT2D eigenvalue weighted by Gasteiger charge is 2.21. The number of hydrogen-bond donors (Lipinski definition) is 2. The second-order valence-electron chi connectivity index (χ2n) is 7.44. The van der Waals surface area contributed by atoms with E-state index in [0.29, 0.717) is 22.6 Å². The molecule has 7 heteroatoms. The van der Waals surface area contributed by atoms with Crippen LogP contribution in [-0.2, 0) is 4.79 Å². The Morgan fingerprint density at radius 2 is 1.83 bits per heavy atom. The molecule has 0 radical (unpaired) electrons. The molecule has 1 amide bonds. The predicted octanol–water partition coefficient (Wildman–Crippen LogP) is 3.46. The van der Waals surface area contributed by atoms with Crippen LogP contribution >= 0.6 is 0 Å². The topological polar surface area (TPSA) is 105 Å². The average Bonchev–Trinajstić information content (AvgIpc) is 3.22. The number of rotatable bonds is 4. The zero-order valence-electron chi connectivity index (χ0n) is 16.7. The summed E-state index contributed by atoms with van der Waals surface area (Å²) in [7, 11) is 1.56. The van der Waals surface area contributed by atoms with Gasteiger partial charge in [0.15, 0.2) is 0 Å². The predicted molar refractivity (Wildman–Crippen MR) is 115 cm³/mol. The van der Waals surface area contributed by atoms with Gasteiger partial charge in [-0.25, -0.2) is 9.79 Å². The monoisotopic (exact) mass is 405 g/mol. The lowest BCUT2D eigenvalue weighted by Crippen LogP contribution is -2.27. The minimum Gasteiger partial charge on any atom is -0.496 e. The van der Waals surface area contributed by atoms with Gasteiger partial charge in [-0.15, -0.1) is 0 Å². The summed E-state index contributed by atoms with van der Waals surface area (Å²) in [4.78, 5) is 30.3. The first-order chi connectivity index (χ1) is 14.5. The number of nitrogens with two attached hydrogens (primary N) is 1. The summed E-state index contributed by atoms with van der Waals surface area (Å²) < 4.78 is 5.56. The minimum absolute atomic E-state index is 0.0525. The molecule has 0 saturated carbocycles. The summed E-state index contributed by atoms with van der Waals surface area (Å²) in [6.45, 7) is 1.62. The van der Waals surface area contributed by atoms with Crippen LogP contribution in [0.3, 0.4) is 0 Å². The van der Waals surface area contributed by atoms with Gasteiger partial charge in [0.25, 0.3) is 5.91 Å². The lowest BCUT2D eigenvalue weighted by Gasteiger charge is -2.16. The van der Waals surface area contributed by atoms with Gasteiger partial charge in [0.1, 0.15) is 11.6 Å². The van der Waals surface area contributed by atoms with E-state index in [9.17, 15) is 14.7 Å². The number of carbonyl (C=O) groups excluding carboxylic acids is 1. The van der Waals surface area contributed by atoms with Gasteiger partial charge in [0.2, 0.25) is 0 Å². The maximum Gasteiger partial charge on any atom is 0.332 e. The number of amides is 1. The molecule has 2 aliphatic rings. The summed E-state index contributed by atoms with van der Waals surface area (Å²) in [5.41, 5.74) is 9.63. The average molecular weight is 405 g/mol. The van der Waals surface area contributed by atoms with Gasteiger partial charge < -0.3 is 20.5 Å². The number of amidine groups is 1. The highest BCUT2D eigenvalue weighted by molar-refractivity contribution is 6.03. The molecule has 0 aromatic heterocycles. The van der Waals surface area contributed by atoms with Gasteiger partial charge >= 0.3 is 5.97 Å². The van der Waals surface area contributed by atoms with Crippen molar-refractivity contribution in [3.05, 3.63) is 53.1 Å². The summed E-state index contributed by atoms with van der Waals surface area (Å²) in [6.07, 6.45) is 3.76. The number of carbonyl (C=O) groups is 2. The summed E-state index contributed by atoms with van der Waals surface area (Å²) in [5, 5.41) is 9.37. The van der Waals surface area contributed by atoms with Crippen LogP contribution in [0.2, 0.25) is 0 Å². The van der Waals surface area contributed by atoms with Crippen LogP contribution in [-0.4, -0.2) is 47.9 Å².